The minimum atomic E-state index is 0.667. The molecule has 0 spiro atoms. The number of hydrogen-bond acceptors (Lipinski definition) is 2. The first kappa shape index (κ1) is 15.5. The molecule has 20 heavy (non-hydrogen) atoms. The summed E-state index contributed by atoms with van der Waals surface area (Å²) in [6.45, 7) is 4.48. The summed E-state index contributed by atoms with van der Waals surface area (Å²) < 4.78 is 0. The average molecular weight is 274 g/mol. The molecule has 2 rings (SSSR count). The van der Waals surface area contributed by atoms with Gasteiger partial charge in [-0.1, -0.05) is 46.0 Å². The Labute approximate surface area is 124 Å². The quantitative estimate of drug-likeness (QED) is 0.632. The molecule has 0 N–H and O–H groups in total. The molecule has 2 heteroatoms. The summed E-state index contributed by atoms with van der Waals surface area (Å²) >= 11 is 0. The van der Waals surface area contributed by atoms with Crippen LogP contribution in [0.2, 0.25) is 0 Å². The monoisotopic (exact) mass is 274 g/mol. The highest BCUT2D eigenvalue weighted by Gasteiger charge is 2.23. The topological polar surface area (TPSA) is 25.8 Å². The summed E-state index contributed by atoms with van der Waals surface area (Å²) in [6.07, 6.45) is 13.3. The Balaban J connectivity index is 1.78. The van der Waals surface area contributed by atoms with Crippen molar-refractivity contribution in [2.45, 2.75) is 84.0 Å². The minimum absolute atomic E-state index is 0.667. The maximum Gasteiger partial charge on any atom is 0.0662 e. The smallest absolute Gasteiger partial charge is 0.0662 e. The van der Waals surface area contributed by atoms with Gasteiger partial charge in [0.1, 0.15) is 0 Å². The first-order valence-electron chi connectivity index (χ1n) is 8.66. The number of aromatic nitrogens is 2. The molecule has 0 aliphatic heterocycles. The molecular formula is C18H30N2. The zero-order valence-electron chi connectivity index (χ0n) is 13.3. The van der Waals surface area contributed by atoms with Crippen LogP contribution in [0.3, 0.4) is 0 Å². The molecule has 1 aromatic heterocycles. The Morgan fingerprint density at radius 3 is 2.35 bits per heavy atom. The second-order valence-electron chi connectivity index (χ2n) is 6.41. The van der Waals surface area contributed by atoms with Crippen LogP contribution in [0, 0.1) is 5.92 Å². The van der Waals surface area contributed by atoms with E-state index in [1.807, 2.05) is 0 Å². The molecule has 0 saturated heterocycles. The molecule has 1 fully saturated rings. The molecule has 0 atom stereocenters. The highest BCUT2D eigenvalue weighted by molar-refractivity contribution is 5.12. The number of unbranched alkanes of at least 4 members (excludes halogenated alkanes) is 2. The van der Waals surface area contributed by atoms with Crippen LogP contribution in [0.25, 0.3) is 0 Å². The predicted molar refractivity (Wildman–Crippen MR) is 84.9 cm³/mol. The van der Waals surface area contributed by atoms with Crippen LogP contribution >= 0.6 is 0 Å². The Kier molecular flexibility index (Phi) is 6.49. The van der Waals surface area contributed by atoms with Gasteiger partial charge in [-0.3, -0.25) is 0 Å². The maximum absolute atomic E-state index is 4.47. The largest absolute Gasteiger partial charge is 0.155 e. The number of aryl methyl sites for hydroxylation is 1. The van der Waals surface area contributed by atoms with Crippen molar-refractivity contribution in [1.82, 2.24) is 10.2 Å². The SMILES string of the molecule is CCCCCC1CCC(c2ccc(CCC)nn2)CC1. The van der Waals surface area contributed by atoms with E-state index >= 15 is 0 Å². The lowest BCUT2D eigenvalue weighted by atomic mass is 9.78. The summed E-state index contributed by atoms with van der Waals surface area (Å²) in [7, 11) is 0. The molecular weight excluding hydrogens is 244 g/mol. The van der Waals surface area contributed by atoms with Crippen molar-refractivity contribution in [3.05, 3.63) is 23.5 Å². The van der Waals surface area contributed by atoms with Gasteiger partial charge < -0.3 is 0 Å². The molecule has 0 radical (unpaired) electrons. The highest BCUT2D eigenvalue weighted by Crippen LogP contribution is 2.36. The summed E-state index contributed by atoms with van der Waals surface area (Å²) in [6, 6.07) is 4.40. The molecule has 0 amide bonds. The molecule has 1 aromatic rings. The van der Waals surface area contributed by atoms with E-state index < -0.39 is 0 Å². The van der Waals surface area contributed by atoms with Crippen molar-refractivity contribution in [2.24, 2.45) is 5.92 Å². The van der Waals surface area contributed by atoms with Crippen LogP contribution in [-0.2, 0) is 6.42 Å². The lowest BCUT2D eigenvalue weighted by Crippen LogP contribution is -2.15. The van der Waals surface area contributed by atoms with Gasteiger partial charge in [-0.15, -0.1) is 0 Å². The Bertz CT molecular complexity index is 364. The van der Waals surface area contributed by atoms with Gasteiger partial charge in [0.25, 0.3) is 0 Å². The molecule has 1 heterocycles. The van der Waals surface area contributed by atoms with Gasteiger partial charge in [-0.2, -0.15) is 10.2 Å². The van der Waals surface area contributed by atoms with E-state index in [4.69, 9.17) is 0 Å². The van der Waals surface area contributed by atoms with Crippen molar-refractivity contribution in [2.75, 3.05) is 0 Å². The van der Waals surface area contributed by atoms with Crippen molar-refractivity contribution in [1.29, 1.82) is 0 Å². The van der Waals surface area contributed by atoms with E-state index in [9.17, 15) is 0 Å². The Hall–Kier alpha value is -0.920. The van der Waals surface area contributed by atoms with Crippen molar-refractivity contribution in [3.63, 3.8) is 0 Å². The maximum atomic E-state index is 4.47. The van der Waals surface area contributed by atoms with E-state index in [1.165, 1.54) is 57.1 Å². The zero-order chi connectivity index (χ0) is 14.2. The fourth-order valence-corrected chi connectivity index (χ4v) is 3.41. The molecule has 0 aromatic carbocycles. The fraction of sp³-hybridized carbons (Fsp3) is 0.778. The van der Waals surface area contributed by atoms with Crippen molar-refractivity contribution < 1.29 is 0 Å². The normalized spacial score (nSPS) is 22.9. The van der Waals surface area contributed by atoms with Gasteiger partial charge in [0.2, 0.25) is 0 Å². The first-order valence-corrected chi connectivity index (χ1v) is 8.66. The number of nitrogens with zero attached hydrogens (tertiary/aromatic N) is 2. The van der Waals surface area contributed by atoms with Crippen LogP contribution in [0.4, 0.5) is 0 Å². The second kappa shape index (κ2) is 8.39. The fourth-order valence-electron chi connectivity index (χ4n) is 3.41. The second-order valence-corrected chi connectivity index (χ2v) is 6.41. The Morgan fingerprint density at radius 1 is 0.950 bits per heavy atom. The van der Waals surface area contributed by atoms with Gasteiger partial charge >= 0.3 is 0 Å². The molecule has 112 valence electrons. The number of hydrogen-bond donors (Lipinski definition) is 0. The standard InChI is InChI=1S/C18H30N2/c1-3-5-6-8-15-9-11-16(12-10-15)18-14-13-17(7-4-2)19-20-18/h13-16H,3-12H2,1-2H3. The molecule has 1 saturated carbocycles. The summed E-state index contributed by atoms with van der Waals surface area (Å²) in [5.41, 5.74) is 2.38. The lowest BCUT2D eigenvalue weighted by Gasteiger charge is -2.28. The van der Waals surface area contributed by atoms with E-state index in [0.29, 0.717) is 5.92 Å². The molecule has 2 nitrogen and oxygen atoms in total. The van der Waals surface area contributed by atoms with Gasteiger partial charge in [0.15, 0.2) is 0 Å². The summed E-state index contributed by atoms with van der Waals surface area (Å²) in [5, 5.41) is 8.84. The van der Waals surface area contributed by atoms with Crippen molar-refractivity contribution in [3.8, 4) is 0 Å². The van der Waals surface area contributed by atoms with Gasteiger partial charge in [-0.05, 0) is 50.2 Å². The van der Waals surface area contributed by atoms with Crippen LogP contribution in [0.5, 0.6) is 0 Å². The zero-order valence-corrected chi connectivity index (χ0v) is 13.3. The van der Waals surface area contributed by atoms with E-state index in [2.05, 4.69) is 36.2 Å². The third-order valence-electron chi connectivity index (χ3n) is 4.73. The van der Waals surface area contributed by atoms with Crippen LogP contribution < -0.4 is 0 Å². The third-order valence-corrected chi connectivity index (χ3v) is 4.73. The lowest BCUT2D eigenvalue weighted by molar-refractivity contribution is 0.299. The van der Waals surface area contributed by atoms with Crippen LogP contribution in [-0.4, -0.2) is 10.2 Å². The Morgan fingerprint density at radius 2 is 1.75 bits per heavy atom. The van der Waals surface area contributed by atoms with Gasteiger partial charge in [-0.25, -0.2) is 0 Å². The van der Waals surface area contributed by atoms with E-state index in [0.717, 1.165) is 24.5 Å². The highest BCUT2D eigenvalue weighted by atomic mass is 15.1. The summed E-state index contributed by atoms with van der Waals surface area (Å²) in [4.78, 5) is 0. The van der Waals surface area contributed by atoms with Gasteiger partial charge in [0.05, 0.1) is 11.4 Å². The van der Waals surface area contributed by atoms with E-state index in [1.54, 1.807) is 0 Å². The van der Waals surface area contributed by atoms with Gasteiger partial charge in [0, 0.05) is 5.92 Å². The molecule has 0 unspecified atom stereocenters. The average Bonchev–Trinajstić information content (AvgIpc) is 2.49. The van der Waals surface area contributed by atoms with E-state index in [-0.39, 0.29) is 0 Å². The molecule has 0 bridgehead atoms. The molecule has 1 aliphatic carbocycles. The summed E-state index contributed by atoms with van der Waals surface area (Å²) in [5.74, 6) is 1.64. The predicted octanol–water partition coefficient (Wildman–Crippen LogP) is 5.28. The number of rotatable bonds is 7. The minimum Gasteiger partial charge on any atom is -0.155 e. The van der Waals surface area contributed by atoms with Crippen LogP contribution in [0.1, 0.15) is 88.9 Å². The third kappa shape index (κ3) is 4.57. The molecule has 1 aliphatic rings. The van der Waals surface area contributed by atoms with Crippen molar-refractivity contribution >= 4 is 0 Å². The van der Waals surface area contributed by atoms with Crippen LogP contribution in [0.15, 0.2) is 12.1 Å². The first-order chi connectivity index (χ1) is 9.83.